The summed E-state index contributed by atoms with van der Waals surface area (Å²) in [6.07, 6.45) is 0. The van der Waals surface area contributed by atoms with Gasteiger partial charge in [-0.1, -0.05) is 18.2 Å². The molecule has 0 aromatic heterocycles. The summed E-state index contributed by atoms with van der Waals surface area (Å²) in [6.45, 7) is 1.79. The fourth-order valence-corrected chi connectivity index (χ4v) is 2.21. The van der Waals surface area contributed by atoms with Crippen LogP contribution in [0.5, 0.6) is 11.5 Å². The average molecular weight is 328 g/mol. The first-order valence-electron chi connectivity index (χ1n) is 7.39. The number of carbonyl (C=O) groups is 2. The number of methoxy groups -OCH3 is 1. The van der Waals surface area contributed by atoms with E-state index in [4.69, 9.17) is 4.74 Å². The Kier molecular flexibility index (Phi) is 5.42. The monoisotopic (exact) mass is 328 g/mol. The summed E-state index contributed by atoms with van der Waals surface area (Å²) < 4.78 is 4.99. The Labute approximate surface area is 140 Å². The molecule has 0 aliphatic heterocycles. The number of nitrogens with zero attached hydrogens (tertiary/aromatic N) is 1. The molecule has 0 saturated carbocycles. The van der Waals surface area contributed by atoms with E-state index in [1.807, 2.05) is 0 Å². The summed E-state index contributed by atoms with van der Waals surface area (Å²) in [7, 11) is 3.12. The summed E-state index contributed by atoms with van der Waals surface area (Å²) >= 11 is 0. The number of rotatable bonds is 5. The minimum atomic E-state index is -0.314. The van der Waals surface area contributed by atoms with Gasteiger partial charge in [0.05, 0.1) is 7.11 Å². The second kappa shape index (κ2) is 7.50. The molecule has 0 unspecified atom stereocenters. The molecule has 0 aliphatic rings. The van der Waals surface area contributed by atoms with E-state index in [0.717, 1.165) is 5.56 Å². The maximum atomic E-state index is 12.2. The quantitative estimate of drug-likeness (QED) is 0.826. The molecule has 2 amide bonds. The number of ketones is 1. The number of carbonyl (C=O) groups excluding carboxylic acids is 2. The highest BCUT2D eigenvalue weighted by Gasteiger charge is 2.11. The molecule has 0 fully saturated rings. The lowest BCUT2D eigenvalue weighted by Gasteiger charge is -2.18. The number of amides is 2. The standard InChI is InChI=1S/C18H20N2O4/c1-12(21)14-5-4-6-15(10-14)19-18(23)20(2)11-13-7-8-17(24-3)16(22)9-13/h4-10,22H,11H2,1-3H3,(H,19,23). The zero-order valence-corrected chi connectivity index (χ0v) is 13.9. The van der Waals surface area contributed by atoms with Gasteiger partial charge >= 0.3 is 6.03 Å². The first kappa shape index (κ1) is 17.3. The van der Waals surface area contributed by atoms with E-state index in [1.165, 1.54) is 18.9 Å². The first-order chi connectivity index (χ1) is 11.4. The van der Waals surface area contributed by atoms with Crippen LogP contribution in [0.4, 0.5) is 10.5 Å². The molecule has 0 saturated heterocycles. The SMILES string of the molecule is COc1ccc(CN(C)C(=O)Nc2cccc(C(C)=O)c2)cc1O. The highest BCUT2D eigenvalue weighted by Crippen LogP contribution is 2.26. The number of aromatic hydroxyl groups is 1. The number of ether oxygens (including phenoxy) is 1. The molecule has 126 valence electrons. The number of hydrogen-bond acceptors (Lipinski definition) is 4. The molecule has 0 atom stereocenters. The molecule has 0 heterocycles. The van der Waals surface area contributed by atoms with E-state index in [-0.39, 0.29) is 17.6 Å². The van der Waals surface area contributed by atoms with Gasteiger partial charge in [0.25, 0.3) is 0 Å². The van der Waals surface area contributed by atoms with Gasteiger partial charge < -0.3 is 20.1 Å². The van der Waals surface area contributed by atoms with E-state index < -0.39 is 0 Å². The molecule has 6 nitrogen and oxygen atoms in total. The van der Waals surface area contributed by atoms with Crippen LogP contribution in [-0.4, -0.2) is 36.0 Å². The fourth-order valence-electron chi connectivity index (χ4n) is 2.21. The Morgan fingerprint density at radius 2 is 1.96 bits per heavy atom. The maximum Gasteiger partial charge on any atom is 0.321 e. The van der Waals surface area contributed by atoms with Crippen LogP contribution >= 0.6 is 0 Å². The number of hydrogen-bond donors (Lipinski definition) is 2. The summed E-state index contributed by atoms with van der Waals surface area (Å²) in [5.41, 5.74) is 1.86. The van der Waals surface area contributed by atoms with Crippen molar-refractivity contribution in [1.82, 2.24) is 4.90 Å². The van der Waals surface area contributed by atoms with E-state index >= 15 is 0 Å². The molecule has 0 spiro atoms. The number of benzene rings is 2. The van der Waals surface area contributed by atoms with Crippen LogP contribution in [0.2, 0.25) is 0 Å². The van der Waals surface area contributed by atoms with Crippen LogP contribution in [0.1, 0.15) is 22.8 Å². The Hall–Kier alpha value is -3.02. The van der Waals surface area contributed by atoms with Crippen molar-refractivity contribution in [3.63, 3.8) is 0 Å². The lowest BCUT2D eigenvalue weighted by Crippen LogP contribution is -2.30. The molecule has 2 aromatic carbocycles. The highest BCUT2D eigenvalue weighted by molar-refractivity contribution is 5.96. The number of urea groups is 1. The van der Waals surface area contributed by atoms with Crippen molar-refractivity contribution < 1.29 is 19.4 Å². The number of phenols is 1. The normalized spacial score (nSPS) is 10.1. The topological polar surface area (TPSA) is 78.9 Å². The Bertz CT molecular complexity index is 758. The molecule has 0 radical (unpaired) electrons. The van der Waals surface area contributed by atoms with Gasteiger partial charge in [0.15, 0.2) is 17.3 Å². The zero-order chi connectivity index (χ0) is 17.7. The maximum absolute atomic E-state index is 12.2. The highest BCUT2D eigenvalue weighted by atomic mass is 16.5. The fraction of sp³-hybridized carbons (Fsp3) is 0.222. The lowest BCUT2D eigenvalue weighted by molar-refractivity contribution is 0.101. The third-order valence-corrected chi connectivity index (χ3v) is 3.53. The number of anilines is 1. The van der Waals surface area contributed by atoms with Crippen molar-refractivity contribution in [3.8, 4) is 11.5 Å². The predicted molar refractivity (Wildman–Crippen MR) is 91.6 cm³/mol. The number of nitrogens with one attached hydrogen (secondary N) is 1. The van der Waals surface area contributed by atoms with E-state index in [9.17, 15) is 14.7 Å². The van der Waals surface area contributed by atoms with Crippen molar-refractivity contribution in [2.24, 2.45) is 0 Å². The third-order valence-electron chi connectivity index (χ3n) is 3.53. The minimum absolute atomic E-state index is 0.0259. The molecule has 2 aromatic rings. The van der Waals surface area contributed by atoms with Crippen LogP contribution in [0.3, 0.4) is 0 Å². The Morgan fingerprint density at radius 1 is 1.21 bits per heavy atom. The van der Waals surface area contributed by atoms with Crippen LogP contribution in [0.25, 0.3) is 0 Å². The molecule has 2 rings (SSSR count). The van der Waals surface area contributed by atoms with E-state index in [2.05, 4.69) is 5.32 Å². The van der Waals surface area contributed by atoms with Gasteiger partial charge in [-0.2, -0.15) is 0 Å². The molecular formula is C18H20N2O4. The minimum Gasteiger partial charge on any atom is -0.504 e. The van der Waals surface area contributed by atoms with Gasteiger partial charge in [-0.05, 0) is 36.8 Å². The summed E-state index contributed by atoms with van der Waals surface area (Å²) in [6, 6.07) is 11.4. The Morgan fingerprint density at radius 3 is 2.58 bits per heavy atom. The lowest BCUT2D eigenvalue weighted by atomic mass is 10.1. The van der Waals surface area contributed by atoms with Gasteiger partial charge in [0, 0.05) is 24.8 Å². The van der Waals surface area contributed by atoms with Crippen LogP contribution in [0.15, 0.2) is 42.5 Å². The van der Waals surface area contributed by atoms with Crippen molar-refractivity contribution in [2.75, 3.05) is 19.5 Å². The zero-order valence-electron chi connectivity index (χ0n) is 13.9. The largest absolute Gasteiger partial charge is 0.504 e. The number of Topliss-reactive ketones (excluding diaryl/α,β-unsaturated/α-hetero) is 1. The smallest absolute Gasteiger partial charge is 0.321 e. The molecule has 0 bridgehead atoms. The van der Waals surface area contributed by atoms with Crippen molar-refractivity contribution in [3.05, 3.63) is 53.6 Å². The molecule has 6 heteroatoms. The van der Waals surface area contributed by atoms with Crippen LogP contribution in [-0.2, 0) is 6.54 Å². The molecule has 0 aliphatic carbocycles. The Balaban J connectivity index is 2.03. The van der Waals surface area contributed by atoms with Gasteiger partial charge in [-0.25, -0.2) is 4.79 Å². The third kappa shape index (κ3) is 4.25. The molecular weight excluding hydrogens is 308 g/mol. The summed E-state index contributed by atoms with van der Waals surface area (Å²) in [5.74, 6) is 0.345. The van der Waals surface area contributed by atoms with Gasteiger partial charge in [-0.15, -0.1) is 0 Å². The van der Waals surface area contributed by atoms with Crippen molar-refractivity contribution in [1.29, 1.82) is 0 Å². The summed E-state index contributed by atoms with van der Waals surface area (Å²) in [4.78, 5) is 25.1. The average Bonchev–Trinajstić information content (AvgIpc) is 2.55. The van der Waals surface area contributed by atoms with Crippen LogP contribution < -0.4 is 10.1 Å². The van der Waals surface area contributed by atoms with Crippen molar-refractivity contribution >= 4 is 17.5 Å². The second-order valence-corrected chi connectivity index (χ2v) is 5.43. The van der Waals surface area contributed by atoms with Gasteiger partial charge in [0.2, 0.25) is 0 Å². The van der Waals surface area contributed by atoms with E-state index in [1.54, 1.807) is 49.5 Å². The summed E-state index contributed by atoms with van der Waals surface area (Å²) in [5, 5.41) is 12.5. The van der Waals surface area contributed by atoms with Gasteiger partial charge in [0.1, 0.15) is 0 Å². The van der Waals surface area contributed by atoms with Gasteiger partial charge in [-0.3, -0.25) is 4.79 Å². The number of phenolic OH excluding ortho intramolecular Hbond substituents is 1. The van der Waals surface area contributed by atoms with E-state index in [0.29, 0.717) is 23.5 Å². The van der Waals surface area contributed by atoms with Crippen molar-refractivity contribution in [2.45, 2.75) is 13.5 Å². The predicted octanol–water partition coefficient (Wildman–Crippen LogP) is 3.27. The molecule has 24 heavy (non-hydrogen) atoms. The first-order valence-corrected chi connectivity index (χ1v) is 7.39. The molecule has 2 N–H and O–H groups in total. The van der Waals surface area contributed by atoms with Crippen LogP contribution in [0, 0.1) is 0 Å². The second-order valence-electron chi connectivity index (χ2n) is 5.43.